The second kappa shape index (κ2) is 7.33. The molecule has 0 spiro atoms. The van der Waals surface area contributed by atoms with Crippen LogP contribution in [-0.2, 0) is 4.79 Å². The van der Waals surface area contributed by atoms with Crippen molar-refractivity contribution in [3.8, 4) is 11.5 Å². The lowest BCUT2D eigenvalue weighted by molar-refractivity contribution is -0.131. The molecular weight excluding hydrogens is 352 g/mol. The van der Waals surface area contributed by atoms with E-state index in [-0.39, 0.29) is 0 Å². The summed E-state index contributed by atoms with van der Waals surface area (Å²) in [5.74, 6) is 0.504. The zero-order valence-electron chi connectivity index (χ0n) is 11.2. The smallest absolute Gasteiger partial charge is 0.328 e. The maximum atomic E-state index is 10.5. The predicted molar refractivity (Wildman–Crippen MR) is 89.1 cm³/mol. The van der Waals surface area contributed by atoms with Gasteiger partial charge in [-0.1, -0.05) is 18.2 Å². The van der Waals surface area contributed by atoms with Gasteiger partial charge >= 0.3 is 5.97 Å². The van der Waals surface area contributed by atoms with Gasteiger partial charge in [0.05, 0.1) is 4.47 Å². The topological polar surface area (TPSA) is 46.5 Å². The highest BCUT2D eigenvalue weighted by molar-refractivity contribution is 9.10. The molecule has 0 saturated carbocycles. The third kappa shape index (κ3) is 4.37. The number of ether oxygens (including phenoxy) is 1. The van der Waals surface area contributed by atoms with Gasteiger partial charge in [-0.05, 0) is 58.1 Å². The number of halogens is 1. The Labute approximate surface area is 135 Å². The standard InChI is InChI=1S/C16H13BrO3S/c1-21-15-5-3-2-4-14(15)20-13-8-6-11(10-12(13)17)7-9-16(18)19/h2-10H,1H3,(H,18,19)/b9-7+. The summed E-state index contributed by atoms with van der Waals surface area (Å²) in [4.78, 5) is 11.6. The third-order valence-corrected chi connectivity index (χ3v) is 4.06. The Bertz CT molecular complexity index is 683. The van der Waals surface area contributed by atoms with Crippen LogP contribution in [0, 0.1) is 0 Å². The molecule has 0 saturated heterocycles. The van der Waals surface area contributed by atoms with Gasteiger partial charge in [0.25, 0.3) is 0 Å². The van der Waals surface area contributed by atoms with Crippen LogP contribution in [0.4, 0.5) is 0 Å². The molecule has 0 fully saturated rings. The average molecular weight is 365 g/mol. The first kappa shape index (κ1) is 15.7. The molecule has 0 amide bonds. The highest BCUT2D eigenvalue weighted by Crippen LogP contribution is 2.35. The van der Waals surface area contributed by atoms with Gasteiger partial charge in [-0.2, -0.15) is 0 Å². The number of hydrogen-bond donors (Lipinski definition) is 1. The minimum absolute atomic E-state index is 0.684. The molecule has 0 aliphatic carbocycles. The van der Waals surface area contributed by atoms with Crippen LogP contribution in [0.3, 0.4) is 0 Å². The van der Waals surface area contributed by atoms with Crippen LogP contribution in [-0.4, -0.2) is 17.3 Å². The Morgan fingerprint density at radius 3 is 2.67 bits per heavy atom. The normalized spacial score (nSPS) is 10.8. The van der Waals surface area contributed by atoms with Gasteiger partial charge in [-0.3, -0.25) is 0 Å². The molecule has 0 radical (unpaired) electrons. The summed E-state index contributed by atoms with van der Waals surface area (Å²) < 4.78 is 6.67. The van der Waals surface area contributed by atoms with Crippen LogP contribution in [0.2, 0.25) is 0 Å². The quantitative estimate of drug-likeness (QED) is 0.594. The maximum absolute atomic E-state index is 10.5. The van der Waals surface area contributed by atoms with Crippen LogP contribution in [0.25, 0.3) is 6.08 Å². The van der Waals surface area contributed by atoms with Crippen molar-refractivity contribution in [3.63, 3.8) is 0 Å². The average Bonchev–Trinajstić information content (AvgIpc) is 2.48. The van der Waals surface area contributed by atoms with E-state index in [1.54, 1.807) is 17.8 Å². The lowest BCUT2D eigenvalue weighted by Crippen LogP contribution is -1.89. The molecule has 21 heavy (non-hydrogen) atoms. The Kier molecular flexibility index (Phi) is 5.47. The molecule has 5 heteroatoms. The second-order valence-corrected chi connectivity index (χ2v) is 5.82. The molecule has 0 bridgehead atoms. The molecular formula is C16H13BrO3S. The summed E-state index contributed by atoms with van der Waals surface area (Å²) in [6.45, 7) is 0. The van der Waals surface area contributed by atoms with Crippen molar-refractivity contribution in [2.45, 2.75) is 4.90 Å². The molecule has 1 N–H and O–H groups in total. The molecule has 0 unspecified atom stereocenters. The largest absolute Gasteiger partial charge is 0.478 e. The Hall–Kier alpha value is -1.72. The summed E-state index contributed by atoms with van der Waals surface area (Å²) in [7, 11) is 0. The fourth-order valence-electron chi connectivity index (χ4n) is 1.69. The summed E-state index contributed by atoms with van der Waals surface area (Å²) in [6, 6.07) is 13.2. The van der Waals surface area contributed by atoms with Crippen molar-refractivity contribution in [2.75, 3.05) is 6.26 Å². The Balaban J connectivity index is 2.23. The van der Waals surface area contributed by atoms with Gasteiger partial charge in [0, 0.05) is 11.0 Å². The van der Waals surface area contributed by atoms with Crippen LogP contribution in [0.5, 0.6) is 11.5 Å². The van der Waals surface area contributed by atoms with Gasteiger partial charge in [0.2, 0.25) is 0 Å². The number of rotatable bonds is 5. The van der Waals surface area contributed by atoms with E-state index < -0.39 is 5.97 Å². The van der Waals surface area contributed by atoms with Crippen LogP contribution in [0.15, 0.2) is 57.9 Å². The van der Waals surface area contributed by atoms with E-state index in [1.165, 1.54) is 6.08 Å². The van der Waals surface area contributed by atoms with Crippen LogP contribution < -0.4 is 4.74 Å². The number of benzene rings is 2. The van der Waals surface area contributed by atoms with Crippen LogP contribution in [0.1, 0.15) is 5.56 Å². The molecule has 0 heterocycles. The molecule has 108 valence electrons. The molecule has 2 rings (SSSR count). The SMILES string of the molecule is CSc1ccccc1Oc1ccc(/C=C/C(=O)O)cc1Br. The number of para-hydroxylation sites is 1. The number of thioether (sulfide) groups is 1. The summed E-state index contributed by atoms with van der Waals surface area (Å²) in [5.41, 5.74) is 0.787. The van der Waals surface area contributed by atoms with Crippen molar-refractivity contribution >= 4 is 39.7 Å². The first-order valence-corrected chi connectivity index (χ1v) is 8.13. The molecule has 0 aliphatic rings. The molecule has 0 aliphatic heterocycles. The molecule has 2 aromatic carbocycles. The van der Waals surface area contributed by atoms with Crippen molar-refractivity contribution in [2.24, 2.45) is 0 Å². The van der Waals surface area contributed by atoms with E-state index in [0.29, 0.717) is 5.75 Å². The number of carboxylic acid groups (broad SMARTS) is 1. The van der Waals surface area contributed by atoms with Gasteiger partial charge in [-0.25, -0.2) is 4.79 Å². The fourth-order valence-corrected chi connectivity index (χ4v) is 2.70. The summed E-state index contributed by atoms with van der Waals surface area (Å²) in [5, 5.41) is 8.63. The van der Waals surface area contributed by atoms with E-state index in [4.69, 9.17) is 9.84 Å². The van der Waals surface area contributed by atoms with Gasteiger partial charge in [-0.15, -0.1) is 11.8 Å². The maximum Gasteiger partial charge on any atom is 0.328 e. The number of hydrogen-bond acceptors (Lipinski definition) is 3. The minimum Gasteiger partial charge on any atom is -0.478 e. The van der Waals surface area contributed by atoms with E-state index in [9.17, 15) is 4.79 Å². The number of carboxylic acids is 1. The van der Waals surface area contributed by atoms with E-state index in [0.717, 1.165) is 26.8 Å². The minimum atomic E-state index is -0.972. The van der Waals surface area contributed by atoms with Gasteiger partial charge in [0.1, 0.15) is 11.5 Å². The van der Waals surface area contributed by atoms with Gasteiger partial charge in [0.15, 0.2) is 0 Å². The van der Waals surface area contributed by atoms with Crippen molar-refractivity contribution < 1.29 is 14.6 Å². The summed E-state index contributed by atoms with van der Waals surface area (Å²) in [6.07, 6.45) is 4.63. The lowest BCUT2D eigenvalue weighted by Gasteiger charge is -2.11. The molecule has 0 atom stereocenters. The first-order valence-electron chi connectivity index (χ1n) is 6.11. The number of aliphatic carboxylic acids is 1. The zero-order chi connectivity index (χ0) is 15.2. The van der Waals surface area contributed by atoms with Crippen LogP contribution >= 0.6 is 27.7 Å². The lowest BCUT2D eigenvalue weighted by atomic mass is 10.2. The second-order valence-electron chi connectivity index (χ2n) is 4.11. The summed E-state index contributed by atoms with van der Waals surface area (Å²) >= 11 is 5.06. The highest BCUT2D eigenvalue weighted by Gasteiger charge is 2.07. The van der Waals surface area contributed by atoms with E-state index in [1.807, 2.05) is 42.7 Å². The van der Waals surface area contributed by atoms with Crippen molar-refractivity contribution in [3.05, 3.63) is 58.6 Å². The Morgan fingerprint density at radius 2 is 2.00 bits per heavy atom. The first-order chi connectivity index (χ1) is 10.1. The van der Waals surface area contributed by atoms with E-state index >= 15 is 0 Å². The van der Waals surface area contributed by atoms with Crippen molar-refractivity contribution in [1.29, 1.82) is 0 Å². The van der Waals surface area contributed by atoms with E-state index in [2.05, 4.69) is 15.9 Å². The molecule has 3 nitrogen and oxygen atoms in total. The monoisotopic (exact) mass is 364 g/mol. The third-order valence-electron chi connectivity index (χ3n) is 2.66. The molecule has 0 aromatic heterocycles. The Morgan fingerprint density at radius 1 is 1.24 bits per heavy atom. The van der Waals surface area contributed by atoms with Crippen molar-refractivity contribution in [1.82, 2.24) is 0 Å². The number of carbonyl (C=O) groups is 1. The predicted octanol–water partition coefficient (Wildman–Crippen LogP) is 5.06. The highest BCUT2D eigenvalue weighted by atomic mass is 79.9. The zero-order valence-corrected chi connectivity index (χ0v) is 13.6. The fraction of sp³-hybridized carbons (Fsp3) is 0.0625. The van der Waals surface area contributed by atoms with Gasteiger partial charge < -0.3 is 9.84 Å². The molecule has 2 aromatic rings.